The molecule has 1 fully saturated rings. The van der Waals surface area contributed by atoms with Gasteiger partial charge in [-0.05, 0) is 18.6 Å². The summed E-state index contributed by atoms with van der Waals surface area (Å²) in [5.41, 5.74) is 0.847. The van der Waals surface area contributed by atoms with Gasteiger partial charge in [0.05, 0.1) is 17.8 Å². The van der Waals surface area contributed by atoms with E-state index >= 15 is 0 Å². The van der Waals surface area contributed by atoms with Gasteiger partial charge in [0.15, 0.2) is 0 Å². The molecule has 0 radical (unpaired) electrons. The lowest BCUT2D eigenvalue weighted by Gasteiger charge is -2.22. The molecule has 1 heterocycles. The number of anilines is 1. The van der Waals surface area contributed by atoms with Crippen LogP contribution in [-0.2, 0) is 4.79 Å². The number of nitrogens with one attached hydrogen (secondary N) is 1. The number of carbonyl (C=O) groups excluding carboxylic acids is 1. The third-order valence-electron chi connectivity index (χ3n) is 2.74. The fourth-order valence-corrected chi connectivity index (χ4v) is 1.94. The van der Waals surface area contributed by atoms with Crippen molar-refractivity contribution < 1.29 is 14.7 Å². The van der Waals surface area contributed by atoms with Gasteiger partial charge in [0, 0.05) is 13.1 Å². The van der Waals surface area contributed by atoms with Crippen molar-refractivity contribution in [3.8, 4) is 0 Å². The van der Waals surface area contributed by atoms with E-state index < -0.39 is 5.97 Å². The Morgan fingerprint density at radius 1 is 1.35 bits per heavy atom. The molecule has 17 heavy (non-hydrogen) atoms. The Labute approximate surface area is 99.0 Å². The molecule has 2 rings (SSSR count). The molecule has 0 saturated carbocycles. The van der Waals surface area contributed by atoms with Gasteiger partial charge in [0.1, 0.15) is 0 Å². The third kappa shape index (κ3) is 2.55. The van der Waals surface area contributed by atoms with Gasteiger partial charge in [-0.25, -0.2) is 4.79 Å². The molecule has 1 amide bonds. The molecule has 1 aliphatic rings. The number of para-hydroxylation sites is 1. The minimum Gasteiger partial charge on any atom is -0.478 e. The van der Waals surface area contributed by atoms with E-state index in [1.807, 2.05) is 4.90 Å². The highest BCUT2D eigenvalue weighted by Crippen LogP contribution is 2.21. The van der Waals surface area contributed by atoms with Crippen molar-refractivity contribution in [3.05, 3.63) is 29.8 Å². The Bertz CT molecular complexity index is 445. The predicted molar refractivity (Wildman–Crippen MR) is 63.2 cm³/mol. The van der Waals surface area contributed by atoms with Gasteiger partial charge in [-0.3, -0.25) is 4.79 Å². The number of amides is 1. The Balaban J connectivity index is 2.31. The number of nitrogens with zero attached hydrogens (tertiary/aromatic N) is 1. The average molecular weight is 234 g/mol. The van der Waals surface area contributed by atoms with E-state index in [2.05, 4.69) is 5.32 Å². The van der Waals surface area contributed by atoms with Crippen molar-refractivity contribution in [2.45, 2.75) is 6.42 Å². The van der Waals surface area contributed by atoms with E-state index in [1.54, 1.807) is 24.3 Å². The van der Waals surface area contributed by atoms with Crippen LogP contribution in [0.5, 0.6) is 0 Å². The molecule has 5 nitrogen and oxygen atoms in total. The zero-order valence-corrected chi connectivity index (χ0v) is 9.35. The molecule has 0 unspecified atom stereocenters. The summed E-state index contributed by atoms with van der Waals surface area (Å²) in [5, 5.41) is 11.9. The summed E-state index contributed by atoms with van der Waals surface area (Å²) in [5.74, 6) is -1.03. The number of hydrogen-bond donors (Lipinski definition) is 2. The zero-order valence-electron chi connectivity index (χ0n) is 9.35. The summed E-state index contributed by atoms with van der Waals surface area (Å²) >= 11 is 0. The van der Waals surface area contributed by atoms with Crippen LogP contribution >= 0.6 is 0 Å². The molecule has 5 heteroatoms. The van der Waals surface area contributed by atoms with Gasteiger partial charge in [-0.15, -0.1) is 0 Å². The van der Waals surface area contributed by atoms with Crippen LogP contribution in [0.25, 0.3) is 0 Å². The van der Waals surface area contributed by atoms with Gasteiger partial charge < -0.3 is 15.3 Å². The molecule has 1 saturated heterocycles. The number of carboxylic acids is 1. The van der Waals surface area contributed by atoms with E-state index in [-0.39, 0.29) is 18.0 Å². The SMILES string of the molecule is O=C1CN(c2ccccc2C(=O)O)CCCN1. The van der Waals surface area contributed by atoms with Gasteiger partial charge in [0.25, 0.3) is 0 Å². The second kappa shape index (κ2) is 4.86. The summed E-state index contributed by atoms with van der Waals surface area (Å²) in [6, 6.07) is 6.76. The molecule has 0 atom stereocenters. The molecule has 2 N–H and O–H groups in total. The maximum absolute atomic E-state index is 11.4. The highest BCUT2D eigenvalue weighted by Gasteiger charge is 2.19. The summed E-state index contributed by atoms with van der Waals surface area (Å²) in [4.78, 5) is 24.4. The fraction of sp³-hybridized carbons (Fsp3) is 0.333. The van der Waals surface area contributed by atoms with E-state index in [0.717, 1.165) is 6.42 Å². The molecular formula is C12H14N2O3. The van der Waals surface area contributed by atoms with E-state index in [1.165, 1.54) is 0 Å². The quantitative estimate of drug-likeness (QED) is 0.790. The molecule has 0 bridgehead atoms. The van der Waals surface area contributed by atoms with E-state index in [0.29, 0.717) is 18.8 Å². The van der Waals surface area contributed by atoms with Crippen molar-refractivity contribution in [3.63, 3.8) is 0 Å². The number of benzene rings is 1. The number of rotatable bonds is 2. The largest absolute Gasteiger partial charge is 0.478 e. The van der Waals surface area contributed by atoms with Crippen molar-refractivity contribution in [1.29, 1.82) is 0 Å². The van der Waals surface area contributed by atoms with Crippen LogP contribution in [0.4, 0.5) is 5.69 Å². The molecule has 0 spiro atoms. The second-order valence-corrected chi connectivity index (χ2v) is 3.95. The second-order valence-electron chi connectivity index (χ2n) is 3.95. The van der Waals surface area contributed by atoms with Crippen LogP contribution in [-0.4, -0.2) is 36.6 Å². The fourth-order valence-electron chi connectivity index (χ4n) is 1.94. The van der Waals surface area contributed by atoms with Gasteiger partial charge in [-0.1, -0.05) is 12.1 Å². The maximum Gasteiger partial charge on any atom is 0.337 e. The van der Waals surface area contributed by atoms with Gasteiger partial charge in [0.2, 0.25) is 5.91 Å². The molecule has 0 aliphatic carbocycles. The van der Waals surface area contributed by atoms with Gasteiger partial charge in [-0.2, -0.15) is 0 Å². The lowest BCUT2D eigenvalue weighted by molar-refractivity contribution is -0.119. The van der Waals surface area contributed by atoms with Crippen LogP contribution < -0.4 is 10.2 Å². The molecule has 1 aromatic rings. The number of aromatic carboxylic acids is 1. The van der Waals surface area contributed by atoms with Crippen molar-refractivity contribution >= 4 is 17.6 Å². The van der Waals surface area contributed by atoms with Crippen LogP contribution in [0.3, 0.4) is 0 Å². The predicted octanol–water partition coefficient (Wildman–Crippen LogP) is 0.711. The number of hydrogen-bond acceptors (Lipinski definition) is 3. The normalized spacial score (nSPS) is 16.2. The van der Waals surface area contributed by atoms with E-state index in [4.69, 9.17) is 5.11 Å². The minimum absolute atomic E-state index is 0.0670. The van der Waals surface area contributed by atoms with Crippen LogP contribution in [0, 0.1) is 0 Å². The van der Waals surface area contributed by atoms with Crippen molar-refractivity contribution in [2.24, 2.45) is 0 Å². The summed E-state index contributed by atoms with van der Waals surface area (Å²) in [6.07, 6.45) is 0.819. The molecule has 1 aliphatic heterocycles. The maximum atomic E-state index is 11.4. The third-order valence-corrected chi connectivity index (χ3v) is 2.74. The smallest absolute Gasteiger partial charge is 0.337 e. The van der Waals surface area contributed by atoms with Crippen LogP contribution in [0.1, 0.15) is 16.8 Å². The Hall–Kier alpha value is -2.04. The molecule has 0 aromatic heterocycles. The Kier molecular flexibility index (Phi) is 3.27. The molecule has 1 aromatic carbocycles. The van der Waals surface area contributed by atoms with Crippen LogP contribution in [0.15, 0.2) is 24.3 Å². The highest BCUT2D eigenvalue weighted by atomic mass is 16.4. The first-order valence-corrected chi connectivity index (χ1v) is 5.52. The first-order valence-electron chi connectivity index (χ1n) is 5.52. The van der Waals surface area contributed by atoms with Crippen molar-refractivity contribution in [2.75, 3.05) is 24.5 Å². The standard InChI is InChI=1S/C12H14N2O3/c15-11-8-14(7-3-6-13-11)10-5-2-1-4-9(10)12(16)17/h1-2,4-5H,3,6-8H2,(H,13,15)(H,16,17). The summed E-state index contributed by atoms with van der Waals surface area (Å²) < 4.78 is 0. The summed E-state index contributed by atoms with van der Waals surface area (Å²) in [6.45, 7) is 1.54. The average Bonchev–Trinajstić information content (AvgIpc) is 2.54. The lowest BCUT2D eigenvalue weighted by atomic mass is 10.1. The van der Waals surface area contributed by atoms with E-state index in [9.17, 15) is 9.59 Å². The van der Waals surface area contributed by atoms with Gasteiger partial charge >= 0.3 is 5.97 Å². The lowest BCUT2D eigenvalue weighted by Crippen LogP contribution is -2.33. The topological polar surface area (TPSA) is 69.6 Å². The molecule has 90 valence electrons. The van der Waals surface area contributed by atoms with Crippen molar-refractivity contribution in [1.82, 2.24) is 5.32 Å². The highest BCUT2D eigenvalue weighted by molar-refractivity contribution is 5.95. The number of carboxylic acid groups (broad SMARTS) is 1. The van der Waals surface area contributed by atoms with Crippen LogP contribution in [0.2, 0.25) is 0 Å². The minimum atomic E-state index is -0.967. The Morgan fingerprint density at radius 2 is 2.12 bits per heavy atom. The zero-order chi connectivity index (χ0) is 12.3. The monoisotopic (exact) mass is 234 g/mol. The first-order chi connectivity index (χ1) is 8.18. The Morgan fingerprint density at radius 3 is 2.88 bits per heavy atom. The first kappa shape index (κ1) is 11.4. The molecular weight excluding hydrogens is 220 g/mol. The summed E-state index contributed by atoms with van der Waals surface area (Å²) in [7, 11) is 0. The number of carbonyl (C=O) groups is 2.